The fourth-order valence-corrected chi connectivity index (χ4v) is 2.46. The molecule has 0 aromatic heterocycles. The average molecular weight is 226 g/mol. The third-order valence-electron chi connectivity index (χ3n) is 3.61. The van der Waals surface area contributed by atoms with Gasteiger partial charge in [0, 0.05) is 19.1 Å². The summed E-state index contributed by atoms with van der Waals surface area (Å²) in [5.74, 6) is 0. The molecular formula is C14H30N2. The number of hydrogen-bond donors (Lipinski definition) is 2. The van der Waals surface area contributed by atoms with Crippen molar-refractivity contribution in [2.75, 3.05) is 19.6 Å². The van der Waals surface area contributed by atoms with E-state index < -0.39 is 0 Å². The number of hydrogen-bond acceptors (Lipinski definition) is 2. The molecule has 1 aliphatic rings. The van der Waals surface area contributed by atoms with Crippen LogP contribution in [0.1, 0.15) is 59.3 Å². The van der Waals surface area contributed by atoms with Crippen LogP contribution >= 0.6 is 0 Å². The minimum atomic E-state index is 0.466. The highest BCUT2D eigenvalue weighted by atomic mass is 15.0. The van der Waals surface area contributed by atoms with Crippen LogP contribution in [0.25, 0.3) is 0 Å². The van der Waals surface area contributed by atoms with Crippen molar-refractivity contribution in [3.05, 3.63) is 0 Å². The second-order valence-corrected chi connectivity index (χ2v) is 6.05. The monoisotopic (exact) mass is 226 g/mol. The normalized spacial score (nSPS) is 21.6. The molecule has 1 heterocycles. The zero-order valence-electron chi connectivity index (χ0n) is 11.4. The SMILES string of the molecule is CCCCCC(C)(C)CNCC1CCCN1. The molecule has 2 N–H and O–H groups in total. The molecule has 1 rings (SSSR count). The molecule has 1 aliphatic heterocycles. The topological polar surface area (TPSA) is 24.1 Å². The Kier molecular flexibility index (Phi) is 6.37. The van der Waals surface area contributed by atoms with Crippen LogP contribution in [-0.4, -0.2) is 25.7 Å². The van der Waals surface area contributed by atoms with Crippen LogP contribution in [0.4, 0.5) is 0 Å². The van der Waals surface area contributed by atoms with Crippen molar-refractivity contribution in [1.82, 2.24) is 10.6 Å². The number of nitrogens with one attached hydrogen (secondary N) is 2. The van der Waals surface area contributed by atoms with Gasteiger partial charge < -0.3 is 10.6 Å². The van der Waals surface area contributed by atoms with Gasteiger partial charge in [-0.15, -0.1) is 0 Å². The first kappa shape index (κ1) is 14.0. The highest BCUT2D eigenvalue weighted by molar-refractivity contribution is 4.78. The van der Waals surface area contributed by atoms with E-state index in [-0.39, 0.29) is 0 Å². The second kappa shape index (κ2) is 7.29. The summed E-state index contributed by atoms with van der Waals surface area (Å²) in [6.45, 7) is 10.6. The molecule has 0 aromatic rings. The minimum absolute atomic E-state index is 0.466. The van der Waals surface area contributed by atoms with Crippen molar-refractivity contribution in [3.63, 3.8) is 0 Å². The standard InChI is InChI=1S/C14H30N2/c1-4-5-6-9-14(2,3)12-15-11-13-8-7-10-16-13/h13,15-16H,4-12H2,1-3H3. The summed E-state index contributed by atoms with van der Waals surface area (Å²) in [7, 11) is 0. The lowest BCUT2D eigenvalue weighted by molar-refractivity contribution is 0.298. The summed E-state index contributed by atoms with van der Waals surface area (Å²) in [6.07, 6.45) is 8.15. The Morgan fingerprint density at radius 1 is 1.31 bits per heavy atom. The maximum absolute atomic E-state index is 3.63. The van der Waals surface area contributed by atoms with Gasteiger partial charge in [-0.3, -0.25) is 0 Å². The fraction of sp³-hybridized carbons (Fsp3) is 1.00. The van der Waals surface area contributed by atoms with Crippen molar-refractivity contribution < 1.29 is 0 Å². The van der Waals surface area contributed by atoms with Gasteiger partial charge in [0.2, 0.25) is 0 Å². The van der Waals surface area contributed by atoms with Crippen molar-refractivity contribution in [1.29, 1.82) is 0 Å². The summed E-state index contributed by atoms with van der Waals surface area (Å²) >= 11 is 0. The van der Waals surface area contributed by atoms with Gasteiger partial charge in [0.05, 0.1) is 0 Å². The first-order chi connectivity index (χ1) is 7.64. The largest absolute Gasteiger partial charge is 0.315 e. The highest BCUT2D eigenvalue weighted by Crippen LogP contribution is 2.22. The van der Waals surface area contributed by atoms with E-state index in [0.717, 1.165) is 19.1 Å². The van der Waals surface area contributed by atoms with Gasteiger partial charge in [0.25, 0.3) is 0 Å². The van der Waals surface area contributed by atoms with Crippen LogP contribution in [0.3, 0.4) is 0 Å². The molecule has 1 fully saturated rings. The predicted molar refractivity (Wildman–Crippen MR) is 71.8 cm³/mol. The first-order valence-electron chi connectivity index (χ1n) is 7.08. The quantitative estimate of drug-likeness (QED) is 0.622. The summed E-state index contributed by atoms with van der Waals surface area (Å²) in [5.41, 5.74) is 0.466. The number of rotatable bonds is 8. The van der Waals surface area contributed by atoms with Gasteiger partial charge >= 0.3 is 0 Å². The fourth-order valence-electron chi connectivity index (χ4n) is 2.46. The molecule has 96 valence electrons. The molecule has 0 bridgehead atoms. The molecule has 16 heavy (non-hydrogen) atoms. The van der Waals surface area contributed by atoms with E-state index >= 15 is 0 Å². The van der Waals surface area contributed by atoms with E-state index in [1.165, 1.54) is 45.1 Å². The van der Waals surface area contributed by atoms with Crippen molar-refractivity contribution >= 4 is 0 Å². The molecule has 0 radical (unpaired) electrons. The molecule has 0 saturated carbocycles. The van der Waals surface area contributed by atoms with E-state index in [4.69, 9.17) is 0 Å². The summed E-state index contributed by atoms with van der Waals surface area (Å²) in [5, 5.41) is 7.16. The summed E-state index contributed by atoms with van der Waals surface area (Å²) in [4.78, 5) is 0. The Morgan fingerprint density at radius 2 is 2.12 bits per heavy atom. The van der Waals surface area contributed by atoms with Crippen LogP contribution in [0.2, 0.25) is 0 Å². The van der Waals surface area contributed by atoms with Crippen LogP contribution in [0.15, 0.2) is 0 Å². The molecule has 0 amide bonds. The smallest absolute Gasteiger partial charge is 0.0192 e. The van der Waals surface area contributed by atoms with E-state index in [2.05, 4.69) is 31.4 Å². The predicted octanol–water partition coefficient (Wildman–Crippen LogP) is 2.93. The molecule has 2 nitrogen and oxygen atoms in total. The van der Waals surface area contributed by atoms with E-state index in [1.807, 2.05) is 0 Å². The van der Waals surface area contributed by atoms with E-state index in [0.29, 0.717) is 5.41 Å². The Bertz CT molecular complexity index is 172. The molecule has 0 spiro atoms. The Labute approximate surface area is 102 Å². The molecule has 2 heteroatoms. The Morgan fingerprint density at radius 3 is 2.75 bits per heavy atom. The van der Waals surface area contributed by atoms with Gasteiger partial charge in [-0.25, -0.2) is 0 Å². The molecule has 0 aliphatic carbocycles. The van der Waals surface area contributed by atoms with Gasteiger partial charge in [0.1, 0.15) is 0 Å². The third kappa shape index (κ3) is 5.86. The summed E-state index contributed by atoms with van der Waals surface area (Å²) < 4.78 is 0. The lowest BCUT2D eigenvalue weighted by atomic mass is 9.87. The maximum atomic E-state index is 3.63. The zero-order chi connectivity index (χ0) is 11.9. The first-order valence-corrected chi connectivity index (χ1v) is 7.08. The maximum Gasteiger partial charge on any atom is 0.0192 e. The lowest BCUT2D eigenvalue weighted by Crippen LogP contribution is -2.38. The van der Waals surface area contributed by atoms with Crippen LogP contribution in [0.5, 0.6) is 0 Å². The molecule has 1 atom stereocenters. The molecule has 0 aromatic carbocycles. The third-order valence-corrected chi connectivity index (χ3v) is 3.61. The van der Waals surface area contributed by atoms with E-state index in [9.17, 15) is 0 Å². The second-order valence-electron chi connectivity index (χ2n) is 6.05. The van der Waals surface area contributed by atoms with Crippen molar-refractivity contribution in [2.24, 2.45) is 5.41 Å². The van der Waals surface area contributed by atoms with E-state index in [1.54, 1.807) is 0 Å². The summed E-state index contributed by atoms with van der Waals surface area (Å²) in [6, 6.07) is 0.728. The molecule has 1 saturated heterocycles. The van der Waals surface area contributed by atoms with Crippen LogP contribution < -0.4 is 10.6 Å². The van der Waals surface area contributed by atoms with Gasteiger partial charge in [-0.2, -0.15) is 0 Å². The minimum Gasteiger partial charge on any atom is -0.315 e. The zero-order valence-corrected chi connectivity index (χ0v) is 11.4. The molecular weight excluding hydrogens is 196 g/mol. The molecule has 1 unspecified atom stereocenters. The van der Waals surface area contributed by atoms with Crippen molar-refractivity contribution in [2.45, 2.75) is 65.3 Å². The van der Waals surface area contributed by atoms with Crippen molar-refractivity contribution in [3.8, 4) is 0 Å². The van der Waals surface area contributed by atoms with Crippen LogP contribution in [0, 0.1) is 5.41 Å². The Balaban J connectivity index is 2.04. The Hall–Kier alpha value is -0.0800. The lowest BCUT2D eigenvalue weighted by Gasteiger charge is -2.26. The van der Waals surface area contributed by atoms with Crippen LogP contribution in [-0.2, 0) is 0 Å². The van der Waals surface area contributed by atoms with Gasteiger partial charge in [-0.05, 0) is 31.2 Å². The van der Waals surface area contributed by atoms with Gasteiger partial charge in [-0.1, -0.05) is 40.0 Å². The number of unbranched alkanes of at least 4 members (excludes halogenated alkanes) is 2. The highest BCUT2D eigenvalue weighted by Gasteiger charge is 2.18. The average Bonchev–Trinajstić information content (AvgIpc) is 2.70. The van der Waals surface area contributed by atoms with Gasteiger partial charge in [0.15, 0.2) is 0 Å².